The van der Waals surface area contributed by atoms with E-state index in [1.807, 2.05) is 20.8 Å². The van der Waals surface area contributed by atoms with Gasteiger partial charge in [0.1, 0.15) is 11.6 Å². The van der Waals surface area contributed by atoms with Crippen molar-refractivity contribution in [1.82, 2.24) is 15.0 Å². The van der Waals surface area contributed by atoms with Crippen LogP contribution < -0.4 is 10.0 Å². The summed E-state index contributed by atoms with van der Waals surface area (Å²) in [7, 11) is -4.52. The van der Waals surface area contributed by atoms with Crippen LogP contribution in [-0.4, -0.2) is 43.1 Å². The molecule has 12 heteroatoms. The number of nitrogens with one attached hydrogen (secondary N) is 2. The Morgan fingerprint density at radius 2 is 1.79 bits per heavy atom. The highest BCUT2D eigenvalue weighted by Crippen LogP contribution is 2.39. The largest absolute Gasteiger partial charge is 0.380 e. The fourth-order valence-electron chi connectivity index (χ4n) is 3.58. The van der Waals surface area contributed by atoms with Gasteiger partial charge in [0.2, 0.25) is 5.95 Å². The number of ether oxygens (including phenoxy) is 1. The highest BCUT2D eigenvalue weighted by Gasteiger charge is 2.24. The lowest BCUT2D eigenvalue weighted by atomic mass is 10.1. The van der Waals surface area contributed by atoms with E-state index in [2.05, 4.69) is 20.0 Å². The van der Waals surface area contributed by atoms with E-state index in [0.29, 0.717) is 42.7 Å². The average Bonchev–Trinajstić information content (AvgIpc) is 3.33. The van der Waals surface area contributed by atoms with Gasteiger partial charge in [-0.15, -0.1) is 11.3 Å². The molecule has 2 aromatic carbocycles. The van der Waals surface area contributed by atoms with E-state index in [-0.39, 0.29) is 11.6 Å². The molecule has 200 valence electrons. The van der Waals surface area contributed by atoms with Crippen LogP contribution >= 0.6 is 11.3 Å². The van der Waals surface area contributed by atoms with Crippen LogP contribution in [0.25, 0.3) is 21.8 Å². The van der Waals surface area contributed by atoms with Crippen LogP contribution in [0, 0.1) is 11.6 Å². The van der Waals surface area contributed by atoms with Crippen molar-refractivity contribution in [3.05, 3.63) is 71.4 Å². The number of rotatable bonds is 11. The summed E-state index contributed by atoms with van der Waals surface area (Å²) in [5, 5.41) is 4.01. The van der Waals surface area contributed by atoms with Crippen molar-refractivity contribution in [2.45, 2.75) is 31.6 Å². The normalized spacial score (nSPS) is 11.6. The number of benzene rings is 2. The molecule has 2 heterocycles. The Morgan fingerprint density at radius 1 is 1.05 bits per heavy atom. The maximum atomic E-state index is 14.2. The second-order valence-electron chi connectivity index (χ2n) is 8.51. The van der Waals surface area contributed by atoms with Gasteiger partial charge in [-0.1, -0.05) is 32.0 Å². The third kappa shape index (κ3) is 6.32. The van der Waals surface area contributed by atoms with Crippen molar-refractivity contribution in [3.8, 4) is 21.8 Å². The minimum Gasteiger partial charge on any atom is -0.380 e. The highest BCUT2D eigenvalue weighted by molar-refractivity contribution is 7.92. The number of anilines is 2. The van der Waals surface area contributed by atoms with Gasteiger partial charge in [0.25, 0.3) is 10.0 Å². The number of halogens is 2. The minimum absolute atomic E-state index is 0.135. The van der Waals surface area contributed by atoms with E-state index >= 15 is 0 Å². The molecular formula is C26H27F2N5O3S2. The second-order valence-corrected chi connectivity index (χ2v) is 11.2. The van der Waals surface area contributed by atoms with E-state index in [4.69, 9.17) is 9.72 Å². The lowest BCUT2D eigenvalue weighted by Crippen LogP contribution is -2.16. The maximum absolute atomic E-state index is 14.2. The van der Waals surface area contributed by atoms with Crippen molar-refractivity contribution in [3.63, 3.8) is 0 Å². The zero-order chi connectivity index (χ0) is 27.3. The molecule has 0 aliphatic carbocycles. The monoisotopic (exact) mass is 559 g/mol. The van der Waals surface area contributed by atoms with Crippen LogP contribution in [0.2, 0.25) is 0 Å². The van der Waals surface area contributed by atoms with Gasteiger partial charge in [0.05, 0.1) is 27.9 Å². The highest BCUT2D eigenvalue weighted by atomic mass is 32.2. The van der Waals surface area contributed by atoms with Gasteiger partial charge in [0.15, 0.2) is 4.90 Å². The first-order chi connectivity index (χ1) is 18.2. The van der Waals surface area contributed by atoms with E-state index in [1.54, 1.807) is 30.5 Å². The quantitative estimate of drug-likeness (QED) is 0.220. The number of thiazole rings is 1. The van der Waals surface area contributed by atoms with Crippen LogP contribution in [-0.2, 0) is 14.8 Å². The van der Waals surface area contributed by atoms with Gasteiger partial charge < -0.3 is 10.1 Å². The predicted molar refractivity (Wildman–Crippen MR) is 145 cm³/mol. The number of sulfonamides is 1. The van der Waals surface area contributed by atoms with Crippen molar-refractivity contribution in [1.29, 1.82) is 0 Å². The van der Waals surface area contributed by atoms with E-state index in [9.17, 15) is 17.2 Å². The van der Waals surface area contributed by atoms with Gasteiger partial charge >= 0.3 is 0 Å². The van der Waals surface area contributed by atoms with Gasteiger partial charge in [-0.05, 0) is 37.3 Å². The molecule has 0 saturated heterocycles. The fraction of sp³-hybridized carbons (Fsp3) is 0.269. The van der Waals surface area contributed by atoms with Gasteiger partial charge in [-0.25, -0.2) is 32.2 Å². The first-order valence-electron chi connectivity index (χ1n) is 11.9. The Hall–Kier alpha value is -3.48. The molecule has 0 atom stereocenters. The van der Waals surface area contributed by atoms with Crippen LogP contribution in [0.5, 0.6) is 0 Å². The Labute approximate surface area is 224 Å². The lowest BCUT2D eigenvalue weighted by Gasteiger charge is -2.11. The smallest absolute Gasteiger partial charge is 0.267 e. The molecule has 0 bridgehead atoms. The van der Waals surface area contributed by atoms with E-state index in [1.165, 1.54) is 17.4 Å². The third-order valence-corrected chi connectivity index (χ3v) is 8.15. The summed E-state index contributed by atoms with van der Waals surface area (Å²) in [4.78, 5) is 13.5. The number of aromatic nitrogens is 3. The average molecular weight is 560 g/mol. The Kier molecular flexibility index (Phi) is 8.65. The second kappa shape index (κ2) is 11.9. The summed E-state index contributed by atoms with van der Waals surface area (Å²) in [5.74, 6) is -1.76. The molecule has 2 N–H and O–H groups in total. The van der Waals surface area contributed by atoms with Gasteiger partial charge in [0, 0.05) is 36.5 Å². The molecule has 0 amide bonds. The number of nitrogens with zero attached hydrogens (tertiary/aromatic N) is 3. The Morgan fingerprint density at radius 3 is 2.50 bits per heavy atom. The van der Waals surface area contributed by atoms with Crippen LogP contribution in [0.4, 0.5) is 20.4 Å². The summed E-state index contributed by atoms with van der Waals surface area (Å²) in [6.07, 6.45) is 1.65. The molecule has 4 aromatic rings. The van der Waals surface area contributed by atoms with Crippen molar-refractivity contribution < 1.29 is 21.9 Å². The molecule has 8 nitrogen and oxygen atoms in total. The molecule has 0 unspecified atom stereocenters. The Bertz CT molecular complexity index is 1510. The fourth-order valence-corrected chi connectivity index (χ4v) is 5.83. The topological polar surface area (TPSA) is 106 Å². The predicted octanol–water partition coefficient (Wildman–Crippen LogP) is 5.92. The van der Waals surface area contributed by atoms with Crippen molar-refractivity contribution in [2.75, 3.05) is 29.8 Å². The summed E-state index contributed by atoms with van der Waals surface area (Å²) < 4.78 is 61.6. The van der Waals surface area contributed by atoms with Crippen molar-refractivity contribution in [2.24, 2.45) is 0 Å². The summed E-state index contributed by atoms with van der Waals surface area (Å²) in [6, 6.07) is 11.2. The first-order valence-corrected chi connectivity index (χ1v) is 14.2. The standard InChI is InChI=1S/C26H27F2N5O3S2/c1-4-36-14-13-30-26-29-12-11-21(31-26)23-22(32-25(37-23)16(2)3)17-7-5-8-18(15-17)33-38(34,35)24-19(27)9-6-10-20(24)28/h5-12,15-16,33H,4,13-14H2,1-3H3,(H,29,30,31). The molecule has 0 aliphatic heterocycles. The molecular weight excluding hydrogens is 532 g/mol. The molecule has 0 radical (unpaired) electrons. The van der Waals surface area contributed by atoms with E-state index < -0.39 is 26.6 Å². The lowest BCUT2D eigenvalue weighted by molar-refractivity contribution is 0.158. The molecule has 38 heavy (non-hydrogen) atoms. The molecule has 4 rings (SSSR count). The molecule has 0 saturated carbocycles. The zero-order valence-electron chi connectivity index (χ0n) is 21.0. The molecule has 0 spiro atoms. The van der Waals surface area contributed by atoms with Gasteiger partial charge in [-0.2, -0.15) is 0 Å². The summed E-state index contributed by atoms with van der Waals surface area (Å²) in [6.45, 7) is 7.67. The minimum atomic E-state index is -4.52. The molecule has 0 aliphatic rings. The van der Waals surface area contributed by atoms with Crippen molar-refractivity contribution >= 4 is 33.0 Å². The van der Waals surface area contributed by atoms with Crippen LogP contribution in [0.15, 0.2) is 59.6 Å². The third-order valence-electron chi connectivity index (χ3n) is 5.34. The number of hydrogen-bond donors (Lipinski definition) is 2. The first kappa shape index (κ1) is 27.6. The SMILES string of the molecule is CCOCCNc1nccc(-c2sc(C(C)C)nc2-c2cccc(NS(=O)(=O)c3c(F)cccc3F)c2)n1. The summed E-state index contributed by atoms with van der Waals surface area (Å²) >= 11 is 1.48. The van der Waals surface area contributed by atoms with E-state index in [0.717, 1.165) is 28.1 Å². The van der Waals surface area contributed by atoms with Crippen LogP contribution in [0.1, 0.15) is 31.7 Å². The van der Waals surface area contributed by atoms with Crippen LogP contribution in [0.3, 0.4) is 0 Å². The maximum Gasteiger partial charge on any atom is 0.267 e. The molecule has 0 fully saturated rings. The summed E-state index contributed by atoms with van der Waals surface area (Å²) in [5.41, 5.74) is 2.01. The van der Waals surface area contributed by atoms with Gasteiger partial charge in [-0.3, -0.25) is 4.72 Å². The number of hydrogen-bond acceptors (Lipinski definition) is 8. The zero-order valence-corrected chi connectivity index (χ0v) is 22.7. The molecule has 2 aromatic heterocycles. The Balaban J connectivity index is 1.69.